The van der Waals surface area contributed by atoms with Gasteiger partial charge in [-0.3, -0.25) is 0 Å². The second-order valence-corrected chi connectivity index (χ2v) is 4.80. The average Bonchev–Trinajstić information content (AvgIpc) is 2.76. The molecule has 1 unspecified atom stereocenters. The van der Waals surface area contributed by atoms with Crippen molar-refractivity contribution in [3.8, 4) is 0 Å². The van der Waals surface area contributed by atoms with E-state index in [-0.39, 0.29) is 0 Å². The zero-order valence-corrected chi connectivity index (χ0v) is 10.3. The first-order valence-corrected chi connectivity index (χ1v) is 6.10. The van der Waals surface area contributed by atoms with Crippen molar-refractivity contribution in [1.29, 1.82) is 0 Å². The lowest BCUT2D eigenvalue weighted by molar-refractivity contribution is 0.0921. The number of benzene rings is 1. The van der Waals surface area contributed by atoms with E-state index in [1.807, 2.05) is 0 Å². The van der Waals surface area contributed by atoms with E-state index in [2.05, 4.69) is 37.4 Å². The molecule has 1 N–H and O–H groups in total. The van der Waals surface area contributed by atoms with E-state index in [4.69, 9.17) is 4.74 Å². The fourth-order valence-electron chi connectivity index (χ4n) is 2.15. The molecule has 1 aliphatic heterocycles. The Balaban J connectivity index is 1.82. The average molecular weight is 219 g/mol. The highest BCUT2D eigenvalue weighted by atomic mass is 16.5. The molecule has 2 rings (SSSR count). The lowest BCUT2D eigenvalue weighted by atomic mass is 10.1. The molecule has 0 saturated carbocycles. The largest absolute Gasteiger partial charge is 0.376 e. The Kier molecular flexibility index (Phi) is 3.97. The fraction of sp³-hybridized carbons (Fsp3) is 0.571. The second-order valence-electron chi connectivity index (χ2n) is 4.80. The van der Waals surface area contributed by atoms with Crippen LogP contribution in [0.4, 0.5) is 0 Å². The van der Waals surface area contributed by atoms with E-state index < -0.39 is 0 Å². The number of hydrogen-bond donors (Lipinski definition) is 1. The Hall–Kier alpha value is -0.860. The summed E-state index contributed by atoms with van der Waals surface area (Å²) in [7, 11) is 0. The van der Waals surface area contributed by atoms with Gasteiger partial charge in [0, 0.05) is 6.54 Å². The van der Waals surface area contributed by atoms with Gasteiger partial charge in [-0.25, -0.2) is 0 Å². The lowest BCUT2D eigenvalue weighted by Crippen LogP contribution is -2.13. The van der Waals surface area contributed by atoms with Crippen LogP contribution in [-0.4, -0.2) is 19.7 Å². The van der Waals surface area contributed by atoms with Crippen molar-refractivity contribution in [3.63, 3.8) is 0 Å². The SMILES string of the molecule is Cc1ccc(C)c(COCC2CCNC2)c1. The van der Waals surface area contributed by atoms with Crippen molar-refractivity contribution in [2.45, 2.75) is 26.9 Å². The van der Waals surface area contributed by atoms with Crippen molar-refractivity contribution in [1.82, 2.24) is 5.32 Å². The number of rotatable bonds is 4. The molecular formula is C14H21NO. The number of aryl methyl sites for hydroxylation is 2. The monoisotopic (exact) mass is 219 g/mol. The summed E-state index contributed by atoms with van der Waals surface area (Å²) in [4.78, 5) is 0. The first-order valence-electron chi connectivity index (χ1n) is 6.10. The number of nitrogens with one attached hydrogen (secondary N) is 1. The lowest BCUT2D eigenvalue weighted by Gasteiger charge is -2.11. The van der Waals surface area contributed by atoms with Gasteiger partial charge in [-0.1, -0.05) is 23.8 Å². The first-order chi connectivity index (χ1) is 7.75. The van der Waals surface area contributed by atoms with Gasteiger partial charge in [-0.2, -0.15) is 0 Å². The molecule has 1 aliphatic rings. The molecule has 1 heterocycles. The molecule has 88 valence electrons. The van der Waals surface area contributed by atoms with Crippen molar-refractivity contribution in [2.24, 2.45) is 5.92 Å². The van der Waals surface area contributed by atoms with Gasteiger partial charge in [0.25, 0.3) is 0 Å². The standard InChI is InChI=1S/C14H21NO/c1-11-3-4-12(2)14(7-11)10-16-9-13-5-6-15-8-13/h3-4,7,13,15H,5-6,8-10H2,1-2H3. The number of ether oxygens (including phenoxy) is 1. The third-order valence-electron chi connectivity index (χ3n) is 3.28. The van der Waals surface area contributed by atoms with Crippen LogP contribution in [0.2, 0.25) is 0 Å². The van der Waals surface area contributed by atoms with Crippen LogP contribution in [0, 0.1) is 19.8 Å². The molecular weight excluding hydrogens is 198 g/mol. The van der Waals surface area contributed by atoms with E-state index in [1.165, 1.54) is 23.1 Å². The molecule has 2 nitrogen and oxygen atoms in total. The Morgan fingerprint density at radius 2 is 2.25 bits per heavy atom. The molecule has 2 heteroatoms. The van der Waals surface area contributed by atoms with Gasteiger partial charge in [-0.15, -0.1) is 0 Å². The molecule has 0 aliphatic carbocycles. The smallest absolute Gasteiger partial charge is 0.0719 e. The first kappa shape index (κ1) is 11.6. The predicted octanol–water partition coefficient (Wildman–Crippen LogP) is 2.43. The van der Waals surface area contributed by atoms with Crippen LogP contribution < -0.4 is 5.32 Å². The molecule has 1 aromatic rings. The van der Waals surface area contributed by atoms with Crippen LogP contribution in [0.15, 0.2) is 18.2 Å². The molecule has 1 aromatic carbocycles. The fourth-order valence-corrected chi connectivity index (χ4v) is 2.15. The van der Waals surface area contributed by atoms with Crippen molar-refractivity contribution < 1.29 is 4.74 Å². The van der Waals surface area contributed by atoms with Gasteiger partial charge in [0.1, 0.15) is 0 Å². The zero-order valence-electron chi connectivity index (χ0n) is 10.3. The molecule has 0 amide bonds. The van der Waals surface area contributed by atoms with Crippen LogP contribution in [-0.2, 0) is 11.3 Å². The van der Waals surface area contributed by atoms with Crippen LogP contribution in [0.1, 0.15) is 23.1 Å². The molecule has 1 atom stereocenters. The summed E-state index contributed by atoms with van der Waals surface area (Å²) < 4.78 is 5.80. The minimum absolute atomic E-state index is 0.713. The Morgan fingerprint density at radius 1 is 1.38 bits per heavy atom. The summed E-state index contributed by atoms with van der Waals surface area (Å²) in [5.74, 6) is 0.713. The van der Waals surface area contributed by atoms with Gasteiger partial charge >= 0.3 is 0 Å². The van der Waals surface area contributed by atoms with Gasteiger partial charge in [0.2, 0.25) is 0 Å². The molecule has 0 radical (unpaired) electrons. The summed E-state index contributed by atoms with van der Waals surface area (Å²) in [6.45, 7) is 8.19. The summed E-state index contributed by atoms with van der Waals surface area (Å²) in [5.41, 5.74) is 3.97. The van der Waals surface area contributed by atoms with Gasteiger partial charge in [-0.05, 0) is 43.9 Å². The summed E-state index contributed by atoms with van der Waals surface area (Å²) in [6.07, 6.45) is 1.26. The third kappa shape index (κ3) is 3.06. The summed E-state index contributed by atoms with van der Waals surface area (Å²) in [5, 5.41) is 3.36. The van der Waals surface area contributed by atoms with Gasteiger partial charge in [0.15, 0.2) is 0 Å². The van der Waals surface area contributed by atoms with Crippen LogP contribution in [0.25, 0.3) is 0 Å². The van der Waals surface area contributed by atoms with Gasteiger partial charge < -0.3 is 10.1 Å². The molecule has 16 heavy (non-hydrogen) atoms. The van der Waals surface area contributed by atoms with E-state index in [0.29, 0.717) is 5.92 Å². The molecule has 1 saturated heterocycles. The summed E-state index contributed by atoms with van der Waals surface area (Å²) in [6, 6.07) is 6.55. The maximum atomic E-state index is 5.80. The molecule has 1 fully saturated rings. The second kappa shape index (κ2) is 5.46. The minimum atomic E-state index is 0.713. The van der Waals surface area contributed by atoms with Crippen LogP contribution in [0.5, 0.6) is 0 Å². The van der Waals surface area contributed by atoms with Crippen molar-refractivity contribution in [3.05, 3.63) is 34.9 Å². The maximum Gasteiger partial charge on any atom is 0.0719 e. The van der Waals surface area contributed by atoms with E-state index in [9.17, 15) is 0 Å². The highest BCUT2D eigenvalue weighted by molar-refractivity contribution is 5.29. The Labute approximate surface area is 98.0 Å². The molecule has 0 bridgehead atoms. The Bertz CT molecular complexity index is 343. The quantitative estimate of drug-likeness (QED) is 0.839. The van der Waals surface area contributed by atoms with Crippen LogP contribution >= 0.6 is 0 Å². The van der Waals surface area contributed by atoms with E-state index >= 15 is 0 Å². The zero-order chi connectivity index (χ0) is 11.4. The minimum Gasteiger partial charge on any atom is -0.376 e. The highest BCUT2D eigenvalue weighted by Crippen LogP contribution is 2.13. The van der Waals surface area contributed by atoms with E-state index in [1.54, 1.807) is 0 Å². The molecule has 0 spiro atoms. The van der Waals surface area contributed by atoms with Crippen molar-refractivity contribution >= 4 is 0 Å². The maximum absolute atomic E-state index is 5.80. The van der Waals surface area contributed by atoms with Gasteiger partial charge in [0.05, 0.1) is 13.2 Å². The van der Waals surface area contributed by atoms with Crippen molar-refractivity contribution in [2.75, 3.05) is 19.7 Å². The van der Waals surface area contributed by atoms with E-state index in [0.717, 1.165) is 26.3 Å². The Morgan fingerprint density at radius 3 is 3.00 bits per heavy atom. The number of hydrogen-bond acceptors (Lipinski definition) is 2. The third-order valence-corrected chi connectivity index (χ3v) is 3.28. The van der Waals surface area contributed by atoms with Crippen LogP contribution in [0.3, 0.4) is 0 Å². The topological polar surface area (TPSA) is 21.3 Å². The summed E-state index contributed by atoms with van der Waals surface area (Å²) >= 11 is 0. The normalized spacial score (nSPS) is 20.2. The predicted molar refractivity (Wildman–Crippen MR) is 66.5 cm³/mol. The molecule has 0 aromatic heterocycles. The highest BCUT2D eigenvalue weighted by Gasteiger charge is 2.14.